The average molecular weight is 164 g/mol. The van der Waals surface area contributed by atoms with Crippen LogP contribution in [-0.2, 0) is 22.6 Å². The monoisotopic (exact) mass is 164 g/mol. The van der Waals surface area contributed by atoms with Crippen LogP contribution >= 0.6 is 0 Å². The number of esters is 1. The Morgan fingerprint density at radius 3 is 3.00 bits per heavy atom. The van der Waals surface area contributed by atoms with E-state index in [1.54, 1.807) is 18.2 Å². The molecule has 1 heterocycles. The summed E-state index contributed by atoms with van der Waals surface area (Å²) in [6.07, 6.45) is 0.315. The first-order valence-corrected chi connectivity index (χ1v) is 3.72. The summed E-state index contributed by atoms with van der Waals surface area (Å²) < 4.78 is 4.81. The second kappa shape index (κ2) is 2.52. The fraction of sp³-hybridized carbons (Fsp3) is 0.222. The number of aromatic hydroxyl groups is 1. The van der Waals surface area contributed by atoms with Crippen LogP contribution in [0, 0.1) is 0 Å². The molecule has 1 aromatic rings. The molecule has 12 heavy (non-hydrogen) atoms. The van der Waals surface area contributed by atoms with E-state index in [-0.39, 0.29) is 18.3 Å². The van der Waals surface area contributed by atoms with Gasteiger partial charge in [0.1, 0.15) is 12.4 Å². The number of phenols is 1. The molecule has 1 N–H and O–H groups in total. The minimum atomic E-state index is -0.201. The molecule has 0 aliphatic carbocycles. The van der Waals surface area contributed by atoms with Crippen molar-refractivity contribution >= 4 is 5.97 Å². The molecule has 0 saturated carbocycles. The topological polar surface area (TPSA) is 46.5 Å². The Morgan fingerprint density at radius 1 is 1.33 bits per heavy atom. The standard InChI is InChI=1S/C9H8O3/c10-8-2-1-6-4-9(11)12-5-7(6)3-8/h1-3,10H,4-5H2. The van der Waals surface area contributed by atoms with E-state index in [4.69, 9.17) is 9.84 Å². The zero-order valence-corrected chi connectivity index (χ0v) is 6.41. The van der Waals surface area contributed by atoms with Gasteiger partial charge >= 0.3 is 5.97 Å². The molecule has 0 bridgehead atoms. The molecule has 0 radical (unpaired) electrons. The van der Waals surface area contributed by atoms with Gasteiger partial charge in [-0.3, -0.25) is 4.79 Å². The van der Waals surface area contributed by atoms with Crippen molar-refractivity contribution in [3.8, 4) is 5.75 Å². The van der Waals surface area contributed by atoms with Crippen molar-refractivity contribution < 1.29 is 14.6 Å². The third kappa shape index (κ3) is 1.13. The Balaban J connectivity index is 2.43. The number of carbonyl (C=O) groups excluding carboxylic acids is 1. The molecule has 3 heteroatoms. The van der Waals surface area contributed by atoms with Gasteiger partial charge < -0.3 is 9.84 Å². The molecule has 0 amide bonds. The third-order valence-corrected chi connectivity index (χ3v) is 1.91. The molecule has 0 aromatic heterocycles. The van der Waals surface area contributed by atoms with E-state index < -0.39 is 0 Å². The lowest BCUT2D eigenvalue weighted by molar-refractivity contribution is -0.145. The quantitative estimate of drug-likeness (QED) is 0.581. The van der Waals surface area contributed by atoms with Gasteiger partial charge in [0.15, 0.2) is 0 Å². The average Bonchev–Trinajstić information content (AvgIpc) is 2.05. The van der Waals surface area contributed by atoms with Gasteiger partial charge in [0.25, 0.3) is 0 Å². The summed E-state index contributed by atoms with van der Waals surface area (Å²) in [5, 5.41) is 9.11. The van der Waals surface area contributed by atoms with E-state index in [0.717, 1.165) is 11.1 Å². The highest BCUT2D eigenvalue weighted by Crippen LogP contribution is 2.21. The van der Waals surface area contributed by atoms with Crippen LogP contribution in [0.2, 0.25) is 0 Å². The predicted octanol–water partition coefficient (Wildman–Crippen LogP) is 0.992. The highest BCUT2D eigenvalue weighted by atomic mass is 16.5. The van der Waals surface area contributed by atoms with Crippen molar-refractivity contribution in [2.45, 2.75) is 13.0 Å². The number of rotatable bonds is 0. The van der Waals surface area contributed by atoms with Crippen molar-refractivity contribution in [3.63, 3.8) is 0 Å². The molecule has 1 aromatic carbocycles. The molecule has 3 nitrogen and oxygen atoms in total. The van der Waals surface area contributed by atoms with Gasteiger partial charge in [-0.25, -0.2) is 0 Å². The van der Waals surface area contributed by atoms with Crippen LogP contribution in [-0.4, -0.2) is 11.1 Å². The Morgan fingerprint density at radius 2 is 2.17 bits per heavy atom. The van der Waals surface area contributed by atoms with Gasteiger partial charge in [0.05, 0.1) is 6.42 Å². The fourth-order valence-electron chi connectivity index (χ4n) is 1.28. The van der Waals surface area contributed by atoms with Crippen LogP contribution in [0.15, 0.2) is 18.2 Å². The summed E-state index contributed by atoms with van der Waals surface area (Å²) in [6, 6.07) is 4.96. The lowest BCUT2D eigenvalue weighted by Crippen LogP contribution is -2.15. The van der Waals surface area contributed by atoms with Crippen LogP contribution < -0.4 is 0 Å². The highest BCUT2D eigenvalue weighted by molar-refractivity contribution is 5.74. The number of benzene rings is 1. The van der Waals surface area contributed by atoms with Crippen LogP contribution in [0.5, 0.6) is 5.75 Å². The van der Waals surface area contributed by atoms with Gasteiger partial charge in [-0.2, -0.15) is 0 Å². The lowest BCUT2D eigenvalue weighted by Gasteiger charge is -2.15. The summed E-state index contributed by atoms with van der Waals surface area (Å²) >= 11 is 0. The summed E-state index contributed by atoms with van der Waals surface area (Å²) in [6.45, 7) is 0.280. The van der Waals surface area contributed by atoms with Gasteiger partial charge in [0.2, 0.25) is 0 Å². The molecular weight excluding hydrogens is 156 g/mol. The number of carbonyl (C=O) groups is 1. The van der Waals surface area contributed by atoms with E-state index in [9.17, 15) is 4.79 Å². The summed E-state index contributed by atoms with van der Waals surface area (Å²) in [5.41, 5.74) is 1.85. The number of phenolic OH excluding ortho intramolecular Hbond substituents is 1. The molecule has 0 atom stereocenters. The van der Waals surface area contributed by atoms with E-state index >= 15 is 0 Å². The number of ether oxygens (including phenoxy) is 1. The third-order valence-electron chi connectivity index (χ3n) is 1.91. The molecule has 1 aliphatic rings. The first-order valence-electron chi connectivity index (χ1n) is 3.72. The van der Waals surface area contributed by atoms with Crippen molar-refractivity contribution in [1.29, 1.82) is 0 Å². The highest BCUT2D eigenvalue weighted by Gasteiger charge is 2.16. The van der Waals surface area contributed by atoms with Crippen molar-refractivity contribution in [3.05, 3.63) is 29.3 Å². The Hall–Kier alpha value is -1.51. The molecule has 62 valence electrons. The molecule has 1 aliphatic heterocycles. The molecule has 0 saturated heterocycles. The maximum absolute atomic E-state index is 10.8. The number of hydrogen-bond acceptors (Lipinski definition) is 3. The summed E-state index contributed by atoms with van der Waals surface area (Å²) in [5.74, 6) is 0.0138. The normalized spacial score (nSPS) is 15.2. The van der Waals surface area contributed by atoms with E-state index in [1.165, 1.54) is 0 Å². The molecular formula is C9H8O3. The maximum Gasteiger partial charge on any atom is 0.310 e. The molecule has 2 rings (SSSR count). The zero-order valence-electron chi connectivity index (χ0n) is 6.41. The van der Waals surface area contributed by atoms with Crippen LogP contribution in [0.25, 0.3) is 0 Å². The molecule has 0 fully saturated rings. The van der Waals surface area contributed by atoms with E-state index in [0.29, 0.717) is 6.42 Å². The van der Waals surface area contributed by atoms with Crippen molar-refractivity contribution in [1.82, 2.24) is 0 Å². The Labute approximate surface area is 69.6 Å². The smallest absolute Gasteiger partial charge is 0.310 e. The minimum absolute atomic E-state index is 0.201. The molecule has 0 unspecified atom stereocenters. The second-order valence-corrected chi connectivity index (χ2v) is 2.79. The Bertz CT molecular complexity index is 331. The minimum Gasteiger partial charge on any atom is -0.508 e. The number of fused-ring (bicyclic) bond motifs is 1. The largest absolute Gasteiger partial charge is 0.508 e. The first-order chi connectivity index (χ1) is 5.75. The van der Waals surface area contributed by atoms with Crippen LogP contribution in [0.1, 0.15) is 11.1 Å². The van der Waals surface area contributed by atoms with Gasteiger partial charge in [-0.05, 0) is 23.3 Å². The van der Waals surface area contributed by atoms with Crippen LogP contribution in [0.4, 0.5) is 0 Å². The fourth-order valence-corrected chi connectivity index (χ4v) is 1.28. The lowest BCUT2D eigenvalue weighted by atomic mass is 10.0. The van der Waals surface area contributed by atoms with Crippen LogP contribution in [0.3, 0.4) is 0 Å². The SMILES string of the molecule is O=C1Cc2ccc(O)cc2CO1. The van der Waals surface area contributed by atoms with Crippen molar-refractivity contribution in [2.75, 3.05) is 0 Å². The first kappa shape index (κ1) is 7.16. The van der Waals surface area contributed by atoms with E-state index in [1.807, 2.05) is 0 Å². The zero-order chi connectivity index (χ0) is 8.55. The molecule has 0 spiro atoms. The number of cyclic esters (lactones) is 1. The number of hydrogen-bond donors (Lipinski definition) is 1. The Kier molecular flexibility index (Phi) is 1.50. The van der Waals surface area contributed by atoms with Gasteiger partial charge in [-0.1, -0.05) is 6.07 Å². The van der Waals surface area contributed by atoms with Crippen molar-refractivity contribution in [2.24, 2.45) is 0 Å². The maximum atomic E-state index is 10.8. The van der Waals surface area contributed by atoms with Gasteiger partial charge in [0, 0.05) is 0 Å². The second-order valence-electron chi connectivity index (χ2n) is 2.79. The summed E-state index contributed by atoms with van der Waals surface area (Å²) in [7, 11) is 0. The summed E-state index contributed by atoms with van der Waals surface area (Å²) in [4.78, 5) is 10.8. The van der Waals surface area contributed by atoms with Gasteiger partial charge in [-0.15, -0.1) is 0 Å². The predicted molar refractivity (Wildman–Crippen MR) is 41.6 cm³/mol. The van der Waals surface area contributed by atoms with E-state index in [2.05, 4.69) is 0 Å².